The predicted molar refractivity (Wildman–Crippen MR) is 118 cm³/mol. The number of carbonyl (C=O) groups is 2. The van der Waals surface area contributed by atoms with E-state index in [9.17, 15) is 9.59 Å². The zero-order valence-electron chi connectivity index (χ0n) is 18.2. The van der Waals surface area contributed by atoms with Gasteiger partial charge in [0.2, 0.25) is 5.91 Å². The highest BCUT2D eigenvalue weighted by atomic mass is 16.5. The molecule has 0 radical (unpaired) electrons. The zero-order chi connectivity index (χ0) is 22.0. The molecular formula is C24H28N4O3. The molecule has 3 heterocycles. The van der Waals surface area contributed by atoms with Gasteiger partial charge in [-0.2, -0.15) is 0 Å². The average Bonchev–Trinajstić information content (AvgIpc) is 3.22. The number of aromatic nitrogens is 2. The average molecular weight is 421 g/mol. The normalized spacial score (nSPS) is 15.9. The molecule has 0 N–H and O–H groups in total. The van der Waals surface area contributed by atoms with Crippen molar-refractivity contribution in [3.05, 3.63) is 71.7 Å². The summed E-state index contributed by atoms with van der Waals surface area (Å²) in [5, 5.41) is 0. The van der Waals surface area contributed by atoms with Gasteiger partial charge in [0.1, 0.15) is 5.65 Å². The van der Waals surface area contributed by atoms with Crippen molar-refractivity contribution in [2.24, 2.45) is 0 Å². The molecule has 1 fully saturated rings. The molecule has 7 heteroatoms. The Morgan fingerprint density at radius 3 is 2.48 bits per heavy atom. The molecular weight excluding hydrogens is 392 g/mol. The number of fused-ring (bicyclic) bond motifs is 1. The number of ether oxygens (including phenoxy) is 1. The van der Waals surface area contributed by atoms with Crippen LogP contribution in [0, 0.1) is 0 Å². The minimum atomic E-state index is -0.377. The van der Waals surface area contributed by atoms with Crippen LogP contribution >= 0.6 is 0 Å². The number of likely N-dealkylation sites (N-methyl/N-ethyl adjacent to an activating group) is 1. The molecule has 1 amide bonds. The molecule has 0 unspecified atom stereocenters. The number of amides is 1. The molecule has 0 saturated carbocycles. The second-order valence-electron chi connectivity index (χ2n) is 8.37. The van der Waals surface area contributed by atoms with Gasteiger partial charge < -0.3 is 18.9 Å². The molecule has 1 saturated heterocycles. The van der Waals surface area contributed by atoms with Crippen LogP contribution in [0.4, 0.5) is 0 Å². The summed E-state index contributed by atoms with van der Waals surface area (Å²) in [4.78, 5) is 33.3. The molecule has 162 valence electrons. The predicted octanol–water partition coefficient (Wildman–Crippen LogP) is 2.59. The minimum Gasteiger partial charge on any atom is -0.465 e. The van der Waals surface area contributed by atoms with Crippen molar-refractivity contribution < 1.29 is 14.3 Å². The molecule has 0 atom stereocenters. The second kappa shape index (κ2) is 8.51. The maximum absolute atomic E-state index is 12.6. The monoisotopic (exact) mass is 420 g/mol. The lowest BCUT2D eigenvalue weighted by Gasteiger charge is -2.41. The van der Waals surface area contributed by atoms with Gasteiger partial charge in [-0.25, -0.2) is 9.78 Å². The summed E-state index contributed by atoms with van der Waals surface area (Å²) in [7, 11) is 5.20. The van der Waals surface area contributed by atoms with Crippen molar-refractivity contribution in [3.8, 4) is 0 Å². The van der Waals surface area contributed by atoms with Gasteiger partial charge in [-0.3, -0.25) is 4.79 Å². The van der Waals surface area contributed by atoms with Gasteiger partial charge in [-0.15, -0.1) is 0 Å². The molecule has 1 aromatic carbocycles. The number of rotatable bonds is 5. The number of hydrogen-bond donors (Lipinski definition) is 0. The van der Waals surface area contributed by atoms with Gasteiger partial charge in [0.25, 0.3) is 0 Å². The van der Waals surface area contributed by atoms with Gasteiger partial charge in [0.05, 0.1) is 24.9 Å². The molecule has 0 bridgehead atoms. The molecule has 0 aliphatic carbocycles. The lowest BCUT2D eigenvalue weighted by Crippen LogP contribution is -2.48. The first-order chi connectivity index (χ1) is 14.9. The summed E-state index contributed by atoms with van der Waals surface area (Å²) in [6.07, 6.45) is 5.47. The second-order valence-corrected chi connectivity index (χ2v) is 8.37. The molecule has 0 spiro atoms. The van der Waals surface area contributed by atoms with Gasteiger partial charge >= 0.3 is 5.97 Å². The topological polar surface area (TPSA) is 67.2 Å². The van der Waals surface area contributed by atoms with Crippen molar-refractivity contribution in [1.29, 1.82) is 0 Å². The zero-order valence-corrected chi connectivity index (χ0v) is 18.2. The first kappa shape index (κ1) is 21.1. The van der Waals surface area contributed by atoms with Crippen LogP contribution in [0.1, 0.15) is 34.5 Å². The number of likely N-dealkylation sites (tertiary alicyclic amines) is 1. The van der Waals surface area contributed by atoms with Gasteiger partial charge in [-0.05, 0) is 44.6 Å². The van der Waals surface area contributed by atoms with Crippen molar-refractivity contribution in [2.75, 3.05) is 40.8 Å². The third-order valence-corrected chi connectivity index (χ3v) is 6.12. The summed E-state index contributed by atoms with van der Waals surface area (Å²) in [6.45, 7) is 1.79. The first-order valence-electron chi connectivity index (χ1n) is 10.5. The highest BCUT2D eigenvalue weighted by molar-refractivity contribution is 5.90. The summed E-state index contributed by atoms with van der Waals surface area (Å²) in [5.41, 5.74) is 3.06. The van der Waals surface area contributed by atoms with Crippen molar-refractivity contribution >= 4 is 17.5 Å². The number of carbonyl (C=O) groups excluding carboxylic acids is 2. The highest BCUT2D eigenvalue weighted by Crippen LogP contribution is 2.41. The summed E-state index contributed by atoms with van der Waals surface area (Å²) < 4.78 is 6.78. The van der Waals surface area contributed by atoms with E-state index in [-0.39, 0.29) is 17.3 Å². The third kappa shape index (κ3) is 4.05. The first-order valence-corrected chi connectivity index (χ1v) is 10.5. The molecule has 31 heavy (non-hydrogen) atoms. The van der Waals surface area contributed by atoms with Crippen LogP contribution in [0.15, 0.2) is 54.9 Å². The van der Waals surface area contributed by atoms with E-state index in [0.717, 1.165) is 18.5 Å². The van der Waals surface area contributed by atoms with Crippen LogP contribution in [0.2, 0.25) is 0 Å². The number of nitrogens with zero attached hydrogens (tertiary/aromatic N) is 4. The fourth-order valence-corrected chi connectivity index (χ4v) is 4.42. The summed E-state index contributed by atoms with van der Waals surface area (Å²) in [6, 6.07) is 13.9. The molecule has 3 aromatic rings. The van der Waals surface area contributed by atoms with Crippen LogP contribution in [0.25, 0.3) is 5.65 Å². The number of pyridine rings is 1. The van der Waals surface area contributed by atoms with E-state index in [4.69, 9.17) is 9.72 Å². The van der Waals surface area contributed by atoms with Crippen molar-refractivity contribution in [1.82, 2.24) is 19.2 Å². The van der Waals surface area contributed by atoms with E-state index >= 15 is 0 Å². The summed E-state index contributed by atoms with van der Waals surface area (Å²) in [5.74, 6) is -0.220. The Morgan fingerprint density at radius 2 is 1.84 bits per heavy atom. The van der Waals surface area contributed by atoms with Crippen molar-refractivity contribution in [2.45, 2.75) is 18.3 Å². The number of hydrogen-bond acceptors (Lipinski definition) is 5. The van der Waals surface area contributed by atoms with E-state index in [1.165, 1.54) is 12.7 Å². The molecule has 1 aliphatic rings. The summed E-state index contributed by atoms with van der Waals surface area (Å²) >= 11 is 0. The van der Waals surface area contributed by atoms with Gasteiger partial charge in [-0.1, -0.05) is 30.3 Å². The lowest BCUT2D eigenvalue weighted by atomic mass is 9.70. The van der Waals surface area contributed by atoms with Crippen LogP contribution in [-0.2, 0) is 14.9 Å². The number of benzene rings is 1. The molecule has 7 nitrogen and oxygen atoms in total. The Labute approximate surface area is 182 Å². The highest BCUT2D eigenvalue weighted by Gasteiger charge is 2.40. The lowest BCUT2D eigenvalue weighted by molar-refractivity contribution is -0.133. The smallest absolute Gasteiger partial charge is 0.338 e. The Hall–Kier alpha value is -3.19. The Kier molecular flexibility index (Phi) is 5.78. The fourth-order valence-electron chi connectivity index (χ4n) is 4.42. The Bertz CT molecular complexity index is 1080. The molecule has 4 rings (SSSR count). The quantitative estimate of drug-likeness (QED) is 0.594. The van der Waals surface area contributed by atoms with Crippen LogP contribution < -0.4 is 0 Å². The maximum Gasteiger partial charge on any atom is 0.338 e. The van der Waals surface area contributed by atoms with E-state index in [1.807, 2.05) is 58.9 Å². The molecule has 1 aliphatic heterocycles. The Morgan fingerprint density at radius 1 is 1.13 bits per heavy atom. The van der Waals surface area contributed by atoms with Crippen molar-refractivity contribution in [3.63, 3.8) is 0 Å². The van der Waals surface area contributed by atoms with E-state index < -0.39 is 0 Å². The minimum absolute atomic E-state index is 0.157. The number of esters is 1. The number of piperidine rings is 1. The number of methoxy groups -OCH3 is 1. The Balaban J connectivity index is 1.70. The van der Waals surface area contributed by atoms with E-state index in [1.54, 1.807) is 12.1 Å². The van der Waals surface area contributed by atoms with E-state index in [2.05, 4.69) is 12.1 Å². The SMILES string of the molecule is COC(=O)c1ccn2cc(C3(c4ccccc4)CCN(C(=O)CN(C)C)CC3)nc2c1. The van der Waals surface area contributed by atoms with Crippen LogP contribution in [0.5, 0.6) is 0 Å². The van der Waals surface area contributed by atoms with Crippen LogP contribution in [0.3, 0.4) is 0 Å². The fraction of sp³-hybridized carbons (Fsp3) is 0.375. The van der Waals surface area contributed by atoms with Gasteiger partial charge in [0.15, 0.2) is 0 Å². The van der Waals surface area contributed by atoms with Crippen LogP contribution in [-0.4, -0.2) is 71.9 Å². The van der Waals surface area contributed by atoms with E-state index in [0.29, 0.717) is 30.8 Å². The third-order valence-electron chi connectivity index (χ3n) is 6.12. The number of imidazole rings is 1. The van der Waals surface area contributed by atoms with Gasteiger partial charge in [0, 0.05) is 30.9 Å². The molecule has 2 aromatic heterocycles. The standard InChI is InChI=1S/C24H28N4O3/c1-26(2)17-22(29)27-13-10-24(11-14-27,19-7-5-4-6-8-19)20-16-28-12-9-18(23(30)31-3)15-21(28)25-20/h4-9,12,15-16H,10-11,13-14,17H2,1-3H3. The maximum atomic E-state index is 12.6. The largest absolute Gasteiger partial charge is 0.465 e.